The zero-order valence-electron chi connectivity index (χ0n) is 21.0. The molecule has 192 valence electrons. The Bertz CT molecular complexity index is 1590. The Hall–Kier alpha value is -3.95. The van der Waals surface area contributed by atoms with Crippen LogP contribution in [0.25, 0.3) is 21.3 Å². The number of benzene rings is 2. The van der Waals surface area contributed by atoms with Crippen LogP contribution in [-0.4, -0.2) is 45.0 Å². The summed E-state index contributed by atoms with van der Waals surface area (Å²) < 4.78 is 18.1. The van der Waals surface area contributed by atoms with Crippen LogP contribution < -0.4 is 10.2 Å². The highest BCUT2D eigenvalue weighted by Gasteiger charge is 2.32. The van der Waals surface area contributed by atoms with Crippen LogP contribution >= 0.6 is 11.3 Å². The largest absolute Gasteiger partial charge is 0.315 e. The first-order chi connectivity index (χ1) is 18.6. The third-order valence-electron chi connectivity index (χ3n) is 6.88. The Morgan fingerprint density at radius 3 is 2.79 bits per heavy atom. The van der Waals surface area contributed by atoms with Crippen molar-refractivity contribution in [2.45, 2.75) is 25.3 Å². The Morgan fingerprint density at radius 1 is 1.18 bits per heavy atom. The van der Waals surface area contributed by atoms with E-state index in [1.807, 2.05) is 24.3 Å². The number of thiophene rings is 1. The number of nitrogens with one attached hydrogen (secondary N) is 1. The number of hydrogen-bond donors (Lipinski definition) is 1. The molecule has 3 aromatic heterocycles. The van der Waals surface area contributed by atoms with Gasteiger partial charge in [0.05, 0.1) is 17.8 Å². The third kappa shape index (κ3) is 4.82. The number of amides is 1. The molecule has 0 aliphatic carbocycles. The highest BCUT2D eigenvalue weighted by Crippen LogP contribution is 2.35. The van der Waals surface area contributed by atoms with Gasteiger partial charge >= 0.3 is 0 Å². The molecule has 1 fully saturated rings. The van der Waals surface area contributed by atoms with Gasteiger partial charge in [-0.25, -0.2) is 9.37 Å². The van der Waals surface area contributed by atoms with E-state index in [0.29, 0.717) is 23.6 Å². The molecule has 7 nitrogen and oxygen atoms in total. The molecule has 0 spiro atoms. The second kappa shape index (κ2) is 10.4. The van der Waals surface area contributed by atoms with Crippen LogP contribution in [-0.2, 0) is 13.5 Å². The molecule has 0 unspecified atom stereocenters. The van der Waals surface area contributed by atoms with Crippen LogP contribution in [0.15, 0.2) is 73.1 Å². The second-order valence-electron chi connectivity index (χ2n) is 9.57. The number of aryl methyl sites for hydroxylation is 1. The van der Waals surface area contributed by atoms with Gasteiger partial charge in [0.1, 0.15) is 17.3 Å². The summed E-state index contributed by atoms with van der Waals surface area (Å²) in [6.07, 6.45) is 6.00. The van der Waals surface area contributed by atoms with Gasteiger partial charge in [0.15, 0.2) is 0 Å². The van der Waals surface area contributed by atoms with Crippen molar-refractivity contribution in [2.75, 3.05) is 18.0 Å². The summed E-state index contributed by atoms with van der Waals surface area (Å²) in [6, 6.07) is 18.9. The summed E-state index contributed by atoms with van der Waals surface area (Å²) in [4.78, 5) is 21.6. The van der Waals surface area contributed by atoms with Gasteiger partial charge in [-0.15, -0.1) is 16.4 Å². The molecule has 0 saturated carbocycles. The van der Waals surface area contributed by atoms with Crippen LogP contribution in [0.2, 0.25) is 0 Å². The molecule has 0 bridgehead atoms. The van der Waals surface area contributed by atoms with Crippen LogP contribution in [0.1, 0.15) is 33.6 Å². The normalized spacial score (nSPS) is 15.6. The minimum absolute atomic E-state index is 0.0155. The van der Waals surface area contributed by atoms with E-state index in [9.17, 15) is 4.79 Å². The Morgan fingerprint density at radius 2 is 2.05 bits per heavy atom. The van der Waals surface area contributed by atoms with Crippen LogP contribution in [0.3, 0.4) is 0 Å². The number of carbonyl (C=O) groups excluding carboxylic acids is 1. The highest BCUT2D eigenvalue weighted by atomic mass is 32.1. The molecule has 1 aliphatic rings. The fourth-order valence-electron chi connectivity index (χ4n) is 5.02. The van der Waals surface area contributed by atoms with E-state index in [1.165, 1.54) is 16.5 Å². The lowest BCUT2D eigenvalue weighted by Gasteiger charge is -2.34. The zero-order valence-corrected chi connectivity index (χ0v) is 21.8. The second-order valence-corrected chi connectivity index (χ2v) is 10.7. The van der Waals surface area contributed by atoms with E-state index in [2.05, 4.69) is 38.8 Å². The lowest BCUT2D eigenvalue weighted by atomic mass is 10.0. The molecular weight excluding hydrogens is 499 g/mol. The number of anilines is 1. The lowest BCUT2D eigenvalue weighted by Crippen LogP contribution is -2.49. The first-order valence-corrected chi connectivity index (χ1v) is 13.5. The highest BCUT2D eigenvalue weighted by molar-refractivity contribution is 7.19. The van der Waals surface area contributed by atoms with E-state index in [1.54, 1.807) is 52.5 Å². The minimum Gasteiger partial charge on any atom is -0.315 e. The SMILES string of the molecule is Cn1cc(-c2ccc(C(=O)N(c3nccc4sc(Cc5ccccc5)cc34)[C@@H]3CCCNC3)c(F)c2)nn1. The maximum absolute atomic E-state index is 15.5. The topological polar surface area (TPSA) is 75.9 Å². The molecule has 38 heavy (non-hydrogen) atoms. The molecule has 5 aromatic rings. The number of aromatic nitrogens is 4. The van der Waals surface area contributed by atoms with E-state index in [0.717, 1.165) is 35.9 Å². The number of carbonyl (C=O) groups is 1. The summed E-state index contributed by atoms with van der Waals surface area (Å²) in [5.41, 5.74) is 2.36. The Labute approximate surface area is 223 Å². The predicted octanol–water partition coefficient (Wildman–Crippen LogP) is 5.22. The molecule has 9 heteroatoms. The number of halogens is 1. The number of rotatable bonds is 6. The summed E-state index contributed by atoms with van der Waals surface area (Å²) in [5, 5.41) is 12.3. The third-order valence-corrected chi connectivity index (χ3v) is 7.98. The molecule has 4 heterocycles. The van der Waals surface area contributed by atoms with Crippen molar-refractivity contribution in [1.29, 1.82) is 0 Å². The van der Waals surface area contributed by atoms with Gasteiger partial charge in [-0.1, -0.05) is 41.6 Å². The fraction of sp³-hybridized carbons (Fsp3) is 0.241. The number of piperidine rings is 1. The summed E-state index contributed by atoms with van der Waals surface area (Å²) >= 11 is 1.70. The predicted molar refractivity (Wildman–Crippen MR) is 148 cm³/mol. The summed E-state index contributed by atoms with van der Waals surface area (Å²) in [6.45, 7) is 1.53. The maximum atomic E-state index is 15.5. The molecule has 6 rings (SSSR count). The minimum atomic E-state index is -0.589. The number of nitrogens with zero attached hydrogens (tertiary/aromatic N) is 5. The Balaban J connectivity index is 1.39. The van der Waals surface area contributed by atoms with Crippen molar-refractivity contribution in [3.63, 3.8) is 0 Å². The van der Waals surface area contributed by atoms with E-state index < -0.39 is 11.7 Å². The van der Waals surface area contributed by atoms with E-state index in [4.69, 9.17) is 0 Å². The van der Waals surface area contributed by atoms with Gasteiger partial charge in [-0.3, -0.25) is 14.4 Å². The number of hydrogen-bond acceptors (Lipinski definition) is 6. The van der Waals surface area contributed by atoms with Crippen LogP contribution in [0.5, 0.6) is 0 Å². The van der Waals surface area contributed by atoms with Crippen molar-refractivity contribution in [1.82, 2.24) is 25.3 Å². The first-order valence-electron chi connectivity index (χ1n) is 12.7. The van der Waals surface area contributed by atoms with Gasteiger partial charge < -0.3 is 5.32 Å². The monoisotopic (exact) mass is 526 g/mol. The van der Waals surface area contributed by atoms with Gasteiger partial charge in [0.25, 0.3) is 5.91 Å². The zero-order chi connectivity index (χ0) is 26.1. The van der Waals surface area contributed by atoms with Crippen LogP contribution in [0.4, 0.5) is 10.2 Å². The molecule has 1 atom stereocenters. The van der Waals surface area contributed by atoms with E-state index >= 15 is 4.39 Å². The average Bonchev–Trinajstić information content (AvgIpc) is 3.56. The average molecular weight is 527 g/mol. The van der Waals surface area contributed by atoms with Crippen molar-refractivity contribution in [3.8, 4) is 11.3 Å². The van der Waals surface area contributed by atoms with Crippen molar-refractivity contribution < 1.29 is 9.18 Å². The van der Waals surface area contributed by atoms with Crippen molar-refractivity contribution >= 4 is 33.1 Å². The number of fused-ring (bicyclic) bond motifs is 1. The maximum Gasteiger partial charge on any atom is 0.262 e. The lowest BCUT2D eigenvalue weighted by molar-refractivity contribution is 0.0968. The molecule has 1 saturated heterocycles. The van der Waals surface area contributed by atoms with Gasteiger partial charge in [-0.05, 0) is 49.2 Å². The molecule has 2 aromatic carbocycles. The first kappa shape index (κ1) is 24.4. The summed E-state index contributed by atoms with van der Waals surface area (Å²) in [5.74, 6) is -0.402. The van der Waals surface area contributed by atoms with Gasteiger partial charge in [0, 0.05) is 46.7 Å². The molecule has 1 aliphatic heterocycles. The van der Waals surface area contributed by atoms with E-state index in [-0.39, 0.29) is 11.6 Å². The molecular formula is C29H27FN6OS. The van der Waals surface area contributed by atoms with Gasteiger partial charge in [-0.2, -0.15) is 0 Å². The quantitative estimate of drug-likeness (QED) is 0.328. The number of pyridine rings is 1. The Kier molecular flexibility index (Phi) is 6.70. The van der Waals surface area contributed by atoms with Crippen LogP contribution in [0, 0.1) is 5.82 Å². The van der Waals surface area contributed by atoms with Gasteiger partial charge in [0.2, 0.25) is 0 Å². The fourth-order valence-corrected chi connectivity index (χ4v) is 6.11. The standard InChI is InChI=1S/C29H27FN6OS/c1-35-18-26(33-34-35)20-9-10-23(25(30)15-20)29(37)36(21-8-5-12-31-17-21)28-24-16-22(38-27(24)11-13-32-28)14-19-6-3-2-4-7-19/h2-4,6-7,9-11,13,15-16,18,21,31H,5,8,12,14,17H2,1H3/t21-/m1/s1. The molecule has 1 amide bonds. The smallest absolute Gasteiger partial charge is 0.262 e. The molecule has 1 N–H and O–H groups in total. The summed E-state index contributed by atoms with van der Waals surface area (Å²) in [7, 11) is 1.75. The van der Waals surface area contributed by atoms with Crippen molar-refractivity contribution in [2.24, 2.45) is 7.05 Å². The van der Waals surface area contributed by atoms with Crippen molar-refractivity contribution in [3.05, 3.63) is 94.9 Å². The molecule has 0 radical (unpaired) electrons.